The first kappa shape index (κ1) is 17.8. The second-order valence-corrected chi connectivity index (χ2v) is 6.86. The number of para-hydroxylation sites is 1. The molecule has 1 aliphatic rings. The van der Waals surface area contributed by atoms with E-state index >= 15 is 0 Å². The number of aryl methyl sites for hydroxylation is 2. The van der Waals surface area contributed by atoms with Gasteiger partial charge in [0.25, 0.3) is 5.91 Å². The van der Waals surface area contributed by atoms with E-state index < -0.39 is 17.5 Å². The summed E-state index contributed by atoms with van der Waals surface area (Å²) in [4.78, 5) is 42.0. The zero-order valence-corrected chi connectivity index (χ0v) is 15.3. The van der Waals surface area contributed by atoms with Gasteiger partial charge in [-0.25, -0.2) is 9.59 Å². The number of nitrogens with one attached hydrogen (secondary N) is 1. The van der Waals surface area contributed by atoms with Crippen molar-refractivity contribution in [2.45, 2.75) is 33.2 Å². The third-order valence-corrected chi connectivity index (χ3v) is 4.53. The molecule has 1 aromatic carbocycles. The van der Waals surface area contributed by atoms with E-state index in [2.05, 4.69) is 10.3 Å². The molecule has 2 aromatic rings. The van der Waals surface area contributed by atoms with Crippen LogP contribution in [0.25, 0.3) is 10.9 Å². The number of imide groups is 1. The number of carbonyl (C=O) groups is 3. The molecule has 1 aliphatic heterocycles. The quantitative estimate of drug-likeness (QED) is 0.672. The van der Waals surface area contributed by atoms with Gasteiger partial charge in [0.1, 0.15) is 12.1 Å². The van der Waals surface area contributed by atoms with Crippen LogP contribution in [0.4, 0.5) is 4.79 Å². The lowest BCUT2D eigenvalue weighted by molar-refractivity contribution is -0.130. The Balaban J connectivity index is 1.73. The maximum Gasteiger partial charge on any atom is 0.340 e. The van der Waals surface area contributed by atoms with Crippen molar-refractivity contribution in [2.24, 2.45) is 0 Å². The molecular formula is C19H21N3O4. The van der Waals surface area contributed by atoms with E-state index in [1.54, 1.807) is 20.8 Å². The van der Waals surface area contributed by atoms with Crippen LogP contribution in [0.1, 0.15) is 35.5 Å². The van der Waals surface area contributed by atoms with Crippen LogP contribution in [0.15, 0.2) is 24.3 Å². The van der Waals surface area contributed by atoms with Gasteiger partial charge in [0.15, 0.2) is 0 Å². The number of aromatic nitrogens is 1. The second kappa shape index (κ2) is 6.40. The Morgan fingerprint density at radius 1 is 1.23 bits per heavy atom. The molecule has 3 amide bonds. The van der Waals surface area contributed by atoms with Crippen LogP contribution < -0.4 is 5.32 Å². The lowest BCUT2D eigenvalue weighted by atomic mass is 10.0. The summed E-state index contributed by atoms with van der Waals surface area (Å²) in [7, 11) is 0. The highest BCUT2D eigenvalue weighted by Crippen LogP contribution is 2.23. The highest BCUT2D eigenvalue weighted by atomic mass is 16.5. The number of carbonyl (C=O) groups excluding carboxylic acids is 3. The molecule has 0 saturated carbocycles. The molecule has 0 atom stereocenters. The summed E-state index contributed by atoms with van der Waals surface area (Å²) < 4.78 is 5.31. The molecule has 7 heteroatoms. The largest absolute Gasteiger partial charge is 0.460 e. The van der Waals surface area contributed by atoms with Gasteiger partial charge in [-0.15, -0.1) is 0 Å². The van der Waals surface area contributed by atoms with Crippen LogP contribution >= 0.6 is 0 Å². The van der Waals surface area contributed by atoms with Crippen LogP contribution in [0.3, 0.4) is 0 Å². The molecule has 2 heterocycles. The summed E-state index contributed by atoms with van der Waals surface area (Å²) in [6, 6.07) is 7.11. The minimum absolute atomic E-state index is 0.0128. The van der Waals surface area contributed by atoms with Crippen molar-refractivity contribution in [1.29, 1.82) is 0 Å². The number of rotatable bonds is 4. The number of nitrogens with zero attached hydrogens (tertiary/aromatic N) is 2. The van der Waals surface area contributed by atoms with Crippen molar-refractivity contribution in [1.82, 2.24) is 15.2 Å². The van der Waals surface area contributed by atoms with E-state index in [4.69, 9.17) is 4.74 Å². The first-order chi connectivity index (χ1) is 12.2. The fourth-order valence-corrected chi connectivity index (χ4v) is 3.15. The Hall–Kier alpha value is -2.96. The van der Waals surface area contributed by atoms with Crippen molar-refractivity contribution < 1.29 is 19.1 Å². The minimum atomic E-state index is -0.934. The molecule has 0 aliphatic carbocycles. The van der Waals surface area contributed by atoms with Gasteiger partial charge < -0.3 is 10.1 Å². The molecular weight excluding hydrogens is 334 g/mol. The first-order valence-electron chi connectivity index (χ1n) is 8.39. The Morgan fingerprint density at radius 2 is 1.92 bits per heavy atom. The van der Waals surface area contributed by atoms with Gasteiger partial charge >= 0.3 is 12.0 Å². The second-order valence-electron chi connectivity index (χ2n) is 6.86. The van der Waals surface area contributed by atoms with Crippen molar-refractivity contribution in [3.8, 4) is 0 Å². The zero-order valence-electron chi connectivity index (χ0n) is 15.3. The maximum absolute atomic E-state index is 12.5. The Bertz CT molecular complexity index is 920. The summed E-state index contributed by atoms with van der Waals surface area (Å²) in [5, 5.41) is 3.48. The molecule has 0 radical (unpaired) electrons. The number of fused-ring (bicyclic) bond motifs is 1. The first-order valence-corrected chi connectivity index (χ1v) is 8.39. The van der Waals surface area contributed by atoms with Gasteiger partial charge in [-0.05, 0) is 39.3 Å². The van der Waals surface area contributed by atoms with Crippen LogP contribution in [-0.4, -0.2) is 46.5 Å². The standard InChI is InChI=1S/C19H21N3O4/c1-11-13-7-5-6-8-14(13)20-12(2)15(11)16(23)26-10-9-22-17(24)19(3,4)21-18(22)25/h5-8H,9-10H2,1-4H3,(H,21,25). The maximum atomic E-state index is 12.5. The molecule has 3 rings (SSSR count). The number of hydrogen-bond acceptors (Lipinski definition) is 5. The van der Waals surface area contributed by atoms with Gasteiger partial charge in [-0.2, -0.15) is 0 Å². The summed E-state index contributed by atoms with van der Waals surface area (Å²) >= 11 is 0. The summed E-state index contributed by atoms with van der Waals surface area (Å²) in [5.74, 6) is -0.845. The van der Waals surface area contributed by atoms with Gasteiger partial charge in [0.05, 0.1) is 23.3 Å². The van der Waals surface area contributed by atoms with Crippen molar-refractivity contribution in [2.75, 3.05) is 13.2 Å². The van der Waals surface area contributed by atoms with Crippen molar-refractivity contribution in [3.05, 3.63) is 41.1 Å². The molecule has 136 valence electrons. The molecule has 7 nitrogen and oxygen atoms in total. The fraction of sp³-hybridized carbons (Fsp3) is 0.368. The number of hydrogen-bond donors (Lipinski definition) is 1. The number of esters is 1. The number of pyridine rings is 1. The highest BCUT2D eigenvalue weighted by molar-refractivity contribution is 6.06. The van der Waals surface area contributed by atoms with Crippen LogP contribution in [0.5, 0.6) is 0 Å². The molecule has 0 unspecified atom stereocenters. The van der Waals surface area contributed by atoms with E-state index in [0.717, 1.165) is 21.4 Å². The van der Waals surface area contributed by atoms with E-state index in [-0.39, 0.29) is 19.1 Å². The number of ether oxygens (including phenoxy) is 1. The lowest BCUT2D eigenvalue weighted by Gasteiger charge is -2.16. The number of amides is 3. The molecule has 1 saturated heterocycles. The molecule has 1 N–H and O–H groups in total. The average Bonchev–Trinajstić information content (AvgIpc) is 2.76. The third kappa shape index (κ3) is 3.00. The van der Waals surface area contributed by atoms with Crippen LogP contribution in [0.2, 0.25) is 0 Å². The number of urea groups is 1. The summed E-state index contributed by atoms with van der Waals surface area (Å²) in [6.07, 6.45) is 0. The van der Waals surface area contributed by atoms with E-state index in [1.165, 1.54) is 0 Å². The molecule has 0 spiro atoms. The predicted molar refractivity (Wildman–Crippen MR) is 95.8 cm³/mol. The Morgan fingerprint density at radius 3 is 2.58 bits per heavy atom. The fourth-order valence-electron chi connectivity index (χ4n) is 3.15. The molecule has 0 bridgehead atoms. The third-order valence-electron chi connectivity index (χ3n) is 4.53. The van der Waals surface area contributed by atoms with E-state index in [0.29, 0.717) is 11.3 Å². The van der Waals surface area contributed by atoms with E-state index in [9.17, 15) is 14.4 Å². The SMILES string of the molecule is Cc1nc2ccccc2c(C)c1C(=O)OCCN1C(=O)NC(C)(C)C1=O. The Labute approximate surface area is 151 Å². The van der Waals surface area contributed by atoms with Gasteiger partial charge in [0, 0.05) is 5.39 Å². The highest BCUT2D eigenvalue weighted by Gasteiger charge is 2.44. The van der Waals surface area contributed by atoms with Gasteiger partial charge in [-0.1, -0.05) is 18.2 Å². The summed E-state index contributed by atoms with van der Waals surface area (Å²) in [5.41, 5.74) is 1.69. The number of benzene rings is 1. The summed E-state index contributed by atoms with van der Waals surface area (Å²) in [6.45, 7) is 6.82. The minimum Gasteiger partial charge on any atom is -0.460 e. The van der Waals surface area contributed by atoms with E-state index in [1.807, 2.05) is 31.2 Å². The van der Waals surface area contributed by atoms with Crippen LogP contribution in [0, 0.1) is 13.8 Å². The topological polar surface area (TPSA) is 88.6 Å². The molecule has 26 heavy (non-hydrogen) atoms. The van der Waals surface area contributed by atoms with Gasteiger partial charge in [-0.3, -0.25) is 14.7 Å². The molecule has 1 fully saturated rings. The average molecular weight is 355 g/mol. The lowest BCUT2D eigenvalue weighted by Crippen LogP contribution is -2.40. The predicted octanol–water partition coefficient (Wildman–Crippen LogP) is 2.34. The van der Waals surface area contributed by atoms with Crippen molar-refractivity contribution in [3.63, 3.8) is 0 Å². The Kier molecular flexibility index (Phi) is 4.39. The van der Waals surface area contributed by atoms with Gasteiger partial charge in [0.2, 0.25) is 0 Å². The zero-order chi connectivity index (χ0) is 19.1. The van der Waals surface area contributed by atoms with Crippen molar-refractivity contribution >= 4 is 28.8 Å². The van der Waals surface area contributed by atoms with Crippen LogP contribution in [-0.2, 0) is 9.53 Å². The normalized spacial score (nSPS) is 16.1. The monoisotopic (exact) mass is 355 g/mol. The smallest absolute Gasteiger partial charge is 0.340 e. The molecule has 1 aromatic heterocycles.